The maximum absolute atomic E-state index is 13.3. The summed E-state index contributed by atoms with van der Waals surface area (Å²) in [6.07, 6.45) is -1.60. The Hall–Kier alpha value is -5.58. The van der Waals surface area contributed by atoms with E-state index in [4.69, 9.17) is 32.5 Å². The lowest BCUT2D eigenvalue weighted by Gasteiger charge is -2.28. The van der Waals surface area contributed by atoms with Crippen molar-refractivity contribution in [3.63, 3.8) is 0 Å². The lowest BCUT2D eigenvalue weighted by molar-refractivity contribution is -0.141. The maximum atomic E-state index is 13.3. The van der Waals surface area contributed by atoms with Crippen LogP contribution in [0.2, 0.25) is 0 Å². The third-order valence-electron chi connectivity index (χ3n) is 7.36. The van der Waals surface area contributed by atoms with E-state index in [9.17, 15) is 48.3 Å². The van der Waals surface area contributed by atoms with Gasteiger partial charge in [0.2, 0.25) is 35.4 Å². The van der Waals surface area contributed by atoms with Gasteiger partial charge in [0, 0.05) is 13.0 Å². The van der Waals surface area contributed by atoms with E-state index < -0.39 is 128 Å². The van der Waals surface area contributed by atoms with Crippen LogP contribution in [0.3, 0.4) is 0 Å². The van der Waals surface area contributed by atoms with Gasteiger partial charge in [0.05, 0.1) is 13.0 Å². The molecule has 16 N–H and O–H groups in total. The number of rotatable bonds is 25. The van der Waals surface area contributed by atoms with Gasteiger partial charge in [-0.25, -0.2) is 0 Å². The van der Waals surface area contributed by atoms with Crippen LogP contribution in [0.5, 0.6) is 0 Å². The fourth-order valence-electron chi connectivity index (χ4n) is 4.23. The van der Waals surface area contributed by atoms with Crippen LogP contribution in [0.4, 0.5) is 0 Å². The second-order valence-electron chi connectivity index (χ2n) is 11.7. The summed E-state index contributed by atoms with van der Waals surface area (Å²) in [6.45, 7) is 2.92. The van der Waals surface area contributed by atoms with Gasteiger partial charge in [-0.1, -0.05) is 20.3 Å². The quantitative estimate of drug-likeness (QED) is 0.0235. The van der Waals surface area contributed by atoms with Gasteiger partial charge in [-0.2, -0.15) is 0 Å². The largest absolute Gasteiger partial charge is 0.481 e. The van der Waals surface area contributed by atoms with Crippen molar-refractivity contribution in [3.8, 4) is 0 Å². The number of aliphatic hydroxyl groups excluding tert-OH is 1. The predicted molar refractivity (Wildman–Crippen MR) is 180 cm³/mol. The number of aliphatic carboxylic acids is 3. The molecule has 0 saturated heterocycles. The molecule has 52 heavy (non-hydrogen) atoms. The summed E-state index contributed by atoms with van der Waals surface area (Å²) in [5, 5.41) is 50.0. The van der Waals surface area contributed by atoms with Crippen LogP contribution in [0, 0.1) is 5.92 Å². The first-order valence-electron chi connectivity index (χ1n) is 16.1. The number of nitrogens with zero attached hydrogens (tertiary/aromatic N) is 1. The second kappa shape index (κ2) is 23.8. The molecule has 0 fully saturated rings. The number of amides is 6. The molecule has 23 nitrogen and oxygen atoms in total. The third kappa shape index (κ3) is 18.4. The average molecular weight is 747 g/mol. The Kier molecular flexibility index (Phi) is 21.2. The summed E-state index contributed by atoms with van der Waals surface area (Å²) in [7, 11) is 0. The van der Waals surface area contributed by atoms with Crippen molar-refractivity contribution in [2.24, 2.45) is 28.1 Å². The summed E-state index contributed by atoms with van der Waals surface area (Å²) in [5.41, 5.74) is 16.1. The van der Waals surface area contributed by atoms with E-state index >= 15 is 0 Å². The molecule has 0 heterocycles. The lowest BCUT2D eigenvalue weighted by atomic mass is 9.97. The highest BCUT2D eigenvalue weighted by molar-refractivity contribution is 5.97. The topological polar surface area (TPSA) is 397 Å². The monoisotopic (exact) mass is 746 g/mol. The van der Waals surface area contributed by atoms with Crippen LogP contribution in [-0.4, -0.2) is 136 Å². The Morgan fingerprint density at radius 3 is 1.75 bits per heavy atom. The minimum atomic E-state index is -1.73. The number of carboxylic acid groups (broad SMARTS) is 3. The molecule has 23 heteroatoms. The Morgan fingerprint density at radius 2 is 1.23 bits per heavy atom. The van der Waals surface area contributed by atoms with E-state index in [-0.39, 0.29) is 25.3 Å². The number of carboxylic acids is 3. The molecule has 0 bridgehead atoms. The van der Waals surface area contributed by atoms with Gasteiger partial charge in [-0.3, -0.25) is 48.1 Å². The van der Waals surface area contributed by atoms with Crippen LogP contribution < -0.4 is 49.1 Å². The smallest absolute Gasteiger partial charge is 0.322 e. The van der Waals surface area contributed by atoms with Crippen molar-refractivity contribution >= 4 is 59.3 Å². The van der Waals surface area contributed by atoms with Crippen molar-refractivity contribution < 1.29 is 63.6 Å². The first-order chi connectivity index (χ1) is 24.2. The van der Waals surface area contributed by atoms with Gasteiger partial charge in [-0.05, 0) is 32.1 Å². The molecule has 6 amide bonds. The predicted octanol–water partition coefficient (Wildman–Crippen LogP) is -5.61. The molecule has 0 aromatic heterocycles. The molecule has 0 rings (SSSR count). The van der Waals surface area contributed by atoms with Gasteiger partial charge in [0.25, 0.3) is 0 Å². The number of aliphatic imine (C=N–C) groups is 1. The average Bonchev–Trinajstić information content (AvgIpc) is 3.06. The number of hydrogen-bond donors (Lipinski definition) is 13. The van der Waals surface area contributed by atoms with E-state index in [0.29, 0.717) is 6.42 Å². The lowest BCUT2D eigenvalue weighted by Crippen LogP contribution is -2.60. The van der Waals surface area contributed by atoms with Crippen LogP contribution in [0.1, 0.15) is 59.3 Å². The zero-order valence-electron chi connectivity index (χ0n) is 29.0. The molecule has 0 radical (unpaired) electrons. The molecular weight excluding hydrogens is 696 g/mol. The zero-order valence-corrected chi connectivity index (χ0v) is 29.0. The summed E-state index contributed by atoms with van der Waals surface area (Å²) in [4.78, 5) is 115. The minimum absolute atomic E-state index is 0.00611. The summed E-state index contributed by atoms with van der Waals surface area (Å²) in [6, 6.07) is -8.81. The summed E-state index contributed by atoms with van der Waals surface area (Å²) in [5.74, 6) is -10.9. The Morgan fingerprint density at radius 1 is 0.673 bits per heavy atom. The first kappa shape index (κ1) is 46.4. The number of carbonyl (C=O) groups is 9. The molecule has 7 atom stereocenters. The molecule has 0 aromatic rings. The standard InChI is InChI=1S/C29H50N10O13/c1-4-13(2)22(28(52)37-17(7-8-19(41)42)25(49)34-11-21(45)46)39-23(47)14(3)35-26(50)16(6-5-9-33-29(31)32)36-27(51)18(10-20(43)44)38-24(48)15(30)12-40/h13-18,22,40H,4-12,30H2,1-3H3,(H,34,49)(H,35,50)(H,36,51)(H,37,52)(H,38,48)(H,39,47)(H,41,42)(H,43,44)(H,45,46)(H4,31,32,33). The Bertz CT molecular complexity index is 1320. The molecule has 0 aliphatic rings. The van der Waals surface area contributed by atoms with E-state index in [1.54, 1.807) is 13.8 Å². The number of nitrogens with two attached hydrogens (primary N) is 3. The number of nitrogens with one attached hydrogen (secondary N) is 6. The van der Waals surface area contributed by atoms with E-state index in [1.165, 1.54) is 6.92 Å². The van der Waals surface area contributed by atoms with Crippen LogP contribution in [0.25, 0.3) is 0 Å². The number of carbonyl (C=O) groups excluding carboxylic acids is 6. The number of aliphatic hydroxyl groups is 1. The van der Waals surface area contributed by atoms with Gasteiger partial charge < -0.3 is 69.5 Å². The van der Waals surface area contributed by atoms with Crippen molar-refractivity contribution in [2.75, 3.05) is 19.7 Å². The van der Waals surface area contributed by atoms with Crippen molar-refractivity contribution in [1.29, 1.82) is 0 Å². The van der Waals surface area contributed by atoms with Gasteiger partial charge in [0.15, 0.2) is 5.96 Å². The molecule has 7 unspecified atom stereocenters. The minimum Gasteiger partial charge on any atom is -0.481 e. The fraction of sp³-hybridized carbons (Fsp3) is 0.655. The van der Waals surface area contributed by atoms with Crippen LogP contribution in [0.15, 0.2) is 4.99 Å². The highest BCUT2D eigenvalue weighted by Crippen LogP contribution is 2.10. The zero-order chi connectivity index (χ0) is 40.1. The molecule has 0 aliphatic carbocycles. The van der Waals surface area contributed by atoms with E-state index in [2.05, 4.69) is 36.9 Å². The maximum Gasteiger partial charge on any atom is 0.322 e. The molecule has 0 saturated carbocycles. The number of hydrogen-bond acceptors (Lipinski definition) is 12. The first-order valence-corrected chi connectivity index (χ1v) is 16.1. The van der Waals surface area contributed by atoms with Crippen molar-refractivity contribution in [1.82, 2.24) is 31.9 Å². The van der Waals surface area contributed by atoms with Crippen molar-refractivity contribution in [3.05, 3.63) is 0 Å². The van der Waals surface area contributed by atoms with Crippen LogP contribution >= 0.6 is 0 Å². The van der Waals surface area contributed by atoms with E-state index in [1.807, 2.05) is 0 Å². The van der Waals surface area contributed by atoms with Gasteiger partial charge in [0.1, 0.15) is 42.8 Å². The molecular formula is C29H50N10O13. The second-order valence-corrected chi connectivity index (χ2v) is 11.7. The highest BCUT2D eigenvalue weighted by Gasteiger charge is 2.34. The highest BCUT2D eigenvalue weighted by atomic mass is 16.4. The van der Waals surface area contributed by atoms with E-state index in [0.717, 1.165) is 0 Å². The summed E-state index contributed by atoms with van der Waals surface area (Å²) < 4.78 is 0. The third-order valence-corrected chi connectivity index (χ3v) is 7.36. The molecule has 0 aromatic carbocycles. The van der Waals surface area contributed by atoms with Crippen molar-refractivity contribution in [2.45, 2.75) is 95.5 Å². The summed E-state index contributed by atoms with van der Waals surface area (Å²) >= 11 is 0. The number of guanidine groups is 1. The van der Waals surface area contributed by atoms with Gasteiger partial charge in [-0.15, -0.1) is 0 Å². The van der Waals surface area contributed by atoms with Gasteiger partial charge >= 0.3 is 17.9 Å². The Balaban J connectivity index is 6.04. The molecule has 0 spiro atoms. The fourth-order valence-corrected chi connectivity index (χ4v) is 4.23. The Labute approximate surface area is 298 Å². The van der Waals surface area contributed by atoms with Crippen LogP contribution in [-0.2, 0) is 43.2 Å². The normalized spacial score (nSPS) is 14.7. The molecule has 294 valence electrons. The molecule has 0 aliphatic heterocycles. The SMILES string of the molecule is CCC(C)C(NC(=O)C(C)NC(=O)C(CCCN=C(N)N)NC(=O)C(CC(=O)O)NC(=O)C(N)CO)C(=O)NC(CCC(=O)O)C(=O)NCC(=O)O.